The van der Waals surface area contributed by atoms with Gasteiger partial charge in [-0.1, -0.05) is 18.6 Å². The maximum atomic E-state index is 6.09. The third kappa shape index (κ3) is 2.14. The van der Waals surface area contributed by atoms with Crippen LogP contribution in [-0.4, -0.2) is 12.6 Å². The largest absolute Gasteiger partial charge is 0.490 e. The van der Waals surface area contributed by atoms with Crippen molar-refractivity contribution < 1.29 is 4.74 Å². The van der Waals surface area contributed by atoms with Gasteiger partial charge in [-0.25, -0.2) is 0 Å². The highest BCUT2D eigenvalue weighted by Gasteiger charge is 2.40. The molecule has 2 N–H and O–H groups in total. The lowest BCUT2D eigenvalue weighted by molar-refractivity contribution is 0.208. The Balaban J connectivity index is 2.49. The summed E-state index contributed by atoms with van der Waals surface area (Å²) in [4.78, 5) is 0. The zero-order valence-electron chi connectivity index (χ0n) is 12.0. The van der Waals surface area contributed by atoms with Crippen LogP contribution in [-0.2, 0) is 5.41 Å². The molecule has 0 amide bonds. The molecule has 1 aliphatic rings. The Labute approximate surface area is 111 Å². The van der Waals surface area contributed by atoms with E-state index in [1.807, 2.05) is 0 Å². The molecule has 2 heteroatoms. The summed E-state index contributed by atoms with van der Waals surface area (Å²) >= 11 is 0. The predicted octanol–water partition coefficient (Wildman–Crippen LogP) is 3.47. The van der Waals surface area contributed by atoms with Crippen molar-refractivity contribution in [1.29, 1.82) is 0 Å². The number of hydrogen-bond acceptors (Lipinski definition) is 2. The third-order valence-electron chi connectivity index (χ3n) is 4.30. The molecule has 0 bridgehead atoms. The Kier molecular flexibility index (Phi) is 3.67. The first kappa shape index (κ1) is 13.4. The zero-order valence-corrected chi connectivity index (χ0v) is 12.0. The van der Waals surface area contributed by atoms with Crippen LogP contribution < -0.4 is 10.5 Å². The number of nitrogens with two attached hydrogens (primary N) is 1. The van der Waals surface area contributed by atoms with Crippen LogP contribution in [0, 0.1) is 13.8 Å². The quantitative estimate of drug-likeness (QED) is 0.884. The van der Waals surface area contributed by atoms with Gasteiger partial charge in [0, 0.05) is 17.5 Å². The van der Waals surface area contributed by atoms with E-state index in [2.05, 4.69) is 39.8 Å². The normalized spacial score (nSPS) is 17.7. The molecule has 2 nitrogen and oxygen atoms in total. The van der Waals surface area contributed by atoms with E-state index < -0.39 is 0 Å². The van der Waals surface area contributed by atoms with Crippen LogP contribution in [0.25, 0.3) is 0 Å². The van der Waals surface area contributed by atoms with Crippen LogP contribution in [0.4, 0.5) is 0 Å². The fourth-order valence-electron chi connectivity index (χ4n) is 2.78. The molecule has 2 rings (SSSR count). The van der Waals surface area contributed by atoms with Gasteiger partial charge in [-0.2, -0.15) is 0 Å². The molecule has 0 radical (unpaired) electrons. The molecular formula is C16H25NO. The van der Waals surface area contributed by atoms with E-state index in [-0.39, 0.29) is 11.5 Å². The van der Waals surface area contributed by atoms with E-state index in [1.165, 1.54) is 36.0 Å². The molecule has 0 saturated heterocycles. The highest BCUT2D eigenvalue weighted by Crippen LogP contribution is 2.47. The highest BCUT2D eigenvalue weighted by atomic mass is 16.5. The van der Waals surface area contributed by atoms with Gasteiger partial charge in [0.25, 0.3) is 0 Å². The van der Waals surface area contributed by atoms with Crippen molar-refractivity contribution in [2.24, 2.45) is 5.73 Å². The standard InChI is InChI=1S/C16H25NO/c1-11(2)18-15-13(4)12(3)6-7-14(15)16(10-17)8-5-9-16/h6-7,11H,5,8-10,17H2,1-4H3. The van der Waals surface area contributed by atoms with Crippen molar-refractivity contribution in [1.82, 2.24) is 0 Å². The first-order chi connectivity index (χ1) is 8.50. The summed E-state index contributed by atoms with van der Waals surface area (Å²) in [6.07, 6.45) is 3.88. The molecule has 1 aromatic carbocycles. The van der Waals surface area contributed by atoms with Crippen molar-refractivity contribution in [3.8, 4) is 5.75 Å². The molecule has 100 valence electrons. The molecule has 0 spiro atoms. The van der Waals surface area contributed by atoms with Gasteiger partial charge in [-0.3, -0.25) is 0 Å². The summed E-state index contributed by atoms with van der Waals surface area (Å²) in [5.74, 6) is 1.08. The molecule has 1 fully saturated rings. The van der Waals surface area contributed by atoms with Crippen molar-refractivity contribution in [2.45, 2.75) is 58.5 Å². The Morgan fingerprint density at radius 3 is 2.39 bits per heavy atom. The summed E-state index contributed by atoms with van der Waals surface area (Å²) in [7, 11) is 0. The lowest BCUT2D eigenvalue weighted by atomic mass is 9.64. The van der Waals surface area contributed by atoms with Crippen molar-refractivity contribution >= 4 is 0 Å². The average molecular weight is 247 g/mol. The van der Waals surface area contributed by atoms with Crippen molar-refractivity contribution in [2.75, 3.05) is 6.54 Å². The molecule has 1 saturated carbocycles. The van der Waals surface area contributed by atoms with Crippen LogP contribution >= 0.6 is 0 Å². The number of hydrogen-bond donors (Lipinski definition) is 1. The summed E-state index contributed by atoms with van der Waals surface area (Å²) in [5, 5.41) is 0. The van der Waals surface area contributed by atoms with Gasteiger partial charge in [0.05, 0.1) is 6.10 Å². The van der Waals surface area contributed by atoms with Crippen LogP contribution in [0.2, 0.25) is 0 Å². The second-order valence-corrected chi connectivity index (χ2v) is 5.89. The number of rotatable bonds is 4. The first-order valence-electron chi connectivity index (χ1n) is 6.97. The molecule has 1 aromatic rings. The second-order valence-electron chi connectivity index (χ2n) is 5.89. The van der Waals surface area contributed by atoms with Gasteiger partial charge in [0.1, 0.15) is 5.75 Å². The minimum Gasteiger partial charge on any atom is -0.490 e. The van der Waals surface area contributed by atoms with Gasteiger partial charge < -0.3 is 10.5 Å². The topological polar surface area (TPSA) is 35.2 Å². The van der Waals surface area contributed by atoms with E-state index in [0.29, 0.717) is 0 Å². The van der Waals surface area contributed by atoms with E-state index >= 15 is 0 Å². The summed E-state index contributed by atoms with van der Waals surface area (Å²) in [5.41, 5.74) is 10.1. The second kappa shape index (κ2) is 4.93. The van der Waals surface area contributed by atoms with Crippen LogP contribution in [0.15, 0.2) is 12.1 Å². The molecule has 0 aliphatic heterocycles. The van der Waals surface area contributed by atoms with Crippen molar-refractivity contribution in [3.05, 3.63) is 28.8 Å². The minimum atomic E-state index is 0.169. The van der Waals surface area contributed by atoms with E-state index in [1.54, 1.807) is 0 Å². The monoisotopic (exact) mass is 247 g/mol. The van der Waals surface area contributed by atoms with E-state index in [9.17, 15) is 0 Å². The van der Waals surface area contributed by atoms with Crippen LogP contribution in [0.5, 0.6) is 5.75 Å². The lowest BCUT2D eigenvalue weighted by Crippen LogP contribution is -2.42. The highest BCUT2D eigenvalue weighted by molar-refractivity contribution is 5.50. The summed E-state index contributed by atoms with van der Waals surface area (Å²) in [6, 6.07) is 4.43. The Bertz CT molecular complexity index is 427. The smallest absolute Gasteiger partial charge is 0.126 e. The van der Waals surface area contributed by atoms with Gasteiger partial charge in [0.15, 0.2) is 0 Å². The maximum Gasteiger partial charge on any atom is 0.126 e. The SMILES string of the molecule is Cc1ccc(C2(CN)CCC2)c(OC(C)C)c1C. The first-order valence-corrected chi connectivity index (χ1v) is 6.97. The van der Waals surface area contributed by atoms with Gasteiger partial charge in [-0.15, -0.1) is 0 Å². The zero-order chi connectivity index (χ0) is 13.3. The Morgan fingerprint density at radius 2 is 1.94 bits per heavy atom. The molecule has 0 aromatic heterocycles. The molecule has 18 heavy (non-hydrogen) atoms. The number of benzene rings is 1. The summed E-state index contributed by atoms with van der Waals surface area (Å²) in [6.45, 7) is 9.19. The average Bonchev–Trinajstić information content (AvgIpc) is 2.26. The number of aryl methyl sites for hydroxylation is 1. The molecule has 0 unspecified atom stereocenters. The number of ether oxygens (including phenoxy) is 1. The van der Waals surface area contributed by atoms with E-state index in [0.717, 1.165) is 12.3 Å². The minimum absolute atomic E-state index is 0.169. The lowest BCUT2D eigenvalue weighted by Gasteiger charge is -2.43. The molecular weight excluding hydrogens is 222 g/mol. The summed E-state index contributed by atoms with van der Waals surface area (Å²) < 4.78 is 6.09. The predicted molar refractivity (Wildman–Crippen MR) is 76.3 cm³/mol. The van der Waals surface area contributed by atoms with Crippen LogP contribution in [0.3, 0.4) is 0 Å². The fraction of sp³-hybridized carbons (Fsp3) is 0.625. The van der Waals surface area contributed by atoms with E-state index in [4.69, 9.17) is 10.5 Å². The molecule has 1 aliphatic carbocycles. The van der Waals surface area contributed by atoms with Gasteiger partial charge in [-0.05, 0) is 51.7 Å². The molecule has 0 atom stereocenters. The fourth-order valence-corrected chi connectivity index (χ4v) is 2.78. The van der Waals surface area contributed by atoms with Crippen molar-refractivity contribution in [3.63, 3.8) is 0 Å². The maximum absolute atomic E-state index is 6.09. The van der Waals surface area contributed by atoms with Gasteiger partial charge >= 0.3 is 0 Å². The Hall–Kier alpha value is -1.02. The third-order valence-corrected chi connectivity index (χ3v) is 4.30. The molecule has 0 heterocycles. The van der Waals surface area contributed by atoms with Gasteiger partial charge in [0.2, 0.25) is 0 Å². The Morgan fingerprint density at radius 1 is 1.28 bits per heavy atom. The van der Waals surface area contributed by atoms with Crippen LogP contribution in [0.1, 0.15) is 49.8 Å².